The van der Waals surface area contributed by atoms with Crippen LogP contribution in [0.5, 0.6) is 0 Å². The lowest BCUT2D eigenvalue weighted by Crippen LogP contribution is -1.98. The molecule has 0 unspecified atom stereocenters. The SMILES string of the molecule is NCc1ccc(-c2cccc(C=NO)c2N)cc1. The van der Waals surface area contributed by atoms with Crippen LogP contribution in [0.25, 0.3) is 11.1 Å². The summed E-state index contributed by atoms with van der Waals surface area (Å²) in [5, 5.41) is 11.6. The maximum absolute atomic E-state index is 8.57. The molecule has 0 heterocycles. The Morgan fingerprint density at radius 2 is 1.83 bits per heavy atom. The van der Waals surface area contributed by atoms with E-state index in [0.29, 0.717) is 17.8 Å². The van der Waals surface area contributed by atoms with Crippen molar-refractivity contribution in [2.24, 2.45) is 10.9 Å². The van der Waals surface area contributed by atoms with Crippen molar-refractivity contribution in [3.63, 3.8) is 0 Å². The van der Waals surface area contributed by atoms with E-state index in [-0.39, 0.29) is 0 Å². The normalized spacial score (nSPS) is 10.9. The minimum absolute atomic E-state index is 0.521. The van der Waals surface area contributed by atoms with Crippen molar-refractivity contribution < 1.29 is 5.21 Å². The fraction of sp³-hybridized carbons (Fsp3) is 0.0714. The molecule has 4 heteroatoms. The Morgan fingerprint density at radius 3 is 2.44 bits per heavy atom. The van der Waals surface area contributed by atoms with Crippen LogP contribution in [0.4, 0.5) is 5.69 Å². The zero-order chi connectivity index (χ0) is 13.0. The Morgan fingerprint density at radius 1 is 1.11 bits per heavy atom. The Kier molecular flexibility index (Phi) is 3.60. The number of oxime groups is 1. The summed E-state index contributed by atoms with van der Waals surface area (Å²) in [6.45, 7) is 0.521. The molecule has 0 aliphatic carbocycles. The zero-order valence-corrected chi connectivity index (χ0v) is 9.88. The van der Waals surface area contributed by atoms with Crippen LogP contribution in [0.15, 0.2) is 47.6 Å². The van der Waals surface area contributed by atoms with Gasteiger partial charge >= 0.3 is 0 Å². The van der Waals surface area contributed by atoms with E-state index in [0.717, 1.165) is 16.7 Å². The van der Waals surface area contributed by atoms with Crippen LogP contribution in [-0.4, -0.2) is 11.4 Å². The van der Waals surface area contributed by atoms with E-state index >= 15 is 0 Å². The molecule has 0 saturated heterocycles. The minimum Gasteiger partial charge on any atom is -0.411 e. The molecule has 0 amide bonds. The number of benzene rings is 2. The van der Waals surface area contributed by atoms with E-state index in [1.54, 1.807) is 6.07 Å². The second kappa shape index (κ2) is 5.33. The summed E-state index contributed by atoms with van der Waals surface area (Å²) in [6, 6.07) is 13.5. The Hall–Kier alpha value is -2.33. The number of hydrogen-bond donors (Lipinski definition) is 3. The number of nitrogens with two attached hydrogens (primary N) is 2. The molecule has 2 aromatic rings. The summed E-state index contributed by atoms with van der Waals surface area (Å²) in [5.41, 5.74) is 15.9. The second-order valence-electron chi connectivity index (χ2n) is 3.95. The van der Waals surface area contributed by atoms with E-state index in [2.05, 4.69) is 5.16 Å². The van der Waals surface area contributed by atoms with Crippen molar-refractivity contribution in [1.29, 1.82) is 0 Å². The van der Waals surface area contributed by atoms with E-state index in [9.17, 15) is 0 Å². The molecule has 0 radical (unpaired) electrons. The van der Waals surface area contributed by atoms with Gasteiger partial charge in [-0.2, -0.15) is 0 Å². The van der Waals surface area contributed by atoms with Crippen molar-refractivity contribution in [3.05, 3.63) is 53.6 Å². The van der Waals surface area contributed by atoms with Crippen LogP contribution in [0.2, 0.25) is 0 Å². The van der Waals surface area contributed by atoms with Crippen molar-refractivity contribution in [2.75, 3.05) is 5.73 Å². The van der Waals surface area contributed by atoms with Gasteiger partial charge in [0.1, 0.15) is 0 Å². The molecule has 0 aliphatic heterocycles. The van der Waals surface area contributed by atoms with Crippen LogP contribution in [-0.2, 0) is 6.54 Å². The topological polar surface area (TPSA) is 84.6 Å². The standard InChI is InChI=1S/C14H15N3O/c15-8-10-4-6-11(7-5-10)13-3-1-2-12(9-17-18)14(13)16/h1-7,9,18H,8,15-16H2. The third kappa shape index (κ3) is 2.33. The maximum atomic E-state index is 8.57. The fourth-order valence-corrected chi connectivity index (χ4v) is 1.83. The van der Waals surface area contributed by atoms with Gasteiger partial charge in [-0.15, -0.1) is 0 Å². The molecule has 4 nitrogen and oxygen atoms in total. The molecule has 0 spiro atoms. The Bertz CT molecular complexity index is 562. The maximum Gasteiger partial charge on any atom is 0.0754 e. The fourth-order valence-electron chi connectivity index (χ4n) is 1.83. The molecule has 2 aromatic carbocycles. The van der Waals surface area contributed by atoms with Gasteiger partial charge < -0.3 is 16.7 Å². The Balaban J connectivity index is 2.46. The predicted molar refractivity (Wildman–Crippen MR) is 73.6 cm³/mol. The monoisotopic (exact) mass is 241 g/mol. The molecule has 92 valence electrons. The quantitative estimate of drug-likeness (QED) is 0.333. The smallest absolute Gasteiger partial charge is 0.0754 e. The highest BCUT2D eigenvalue weighted by Gasteiger charge is 2.05. The van der Waals surface area contributed by atoms with Gasteiger partial charge in [0, 0.05) is 23.4 Å². The number of nitrogens with zero attached hydrogens (tertiary/aromatic N) is 1. The van der Waals surface area contributed by atoms with E-state index in [4.69, 9.17) is 16.7 Å². The van der Waals surface area contributed by atoms with E-state index in [1.807, 2.05) is 36.4 Å². The van der Waals surface area contributed by atoms with Crippen LogP contribution in [0.1, 0.15) is 11.1 Å². The summed E-state index contributed by atoms with van der Waals surface area (Å²) in [4.78, 5) is 0. The number of anilines is 1. The molecule has 5 N–H and O–H groups in total. The third-order valence-corrected chi connectivity index (χ3v) is 2.84. The first-order chi connectivity index (χ1) is 8.76. The number of rotatable bonds is 3. The van der Waals surface area contributed by atoms with E-state index < -0.39 is 0 Å². The molecular formula is C14H15N3O. The predicted octanol–water partition coefficient (Wildman–Crippen LogP) is 2.20. The molecule has 0 fully saturated rings. The third-order valence-electron chi connectivity index (χ3n) is 2.84. The van der Waals surface area contributed by atoms with Gasteiger partial charge in [0.15, 0.2) is 0 Å². The first-order valence-corrected chi connectivity index (χ1v) is 5.61. The highest BCUT2D eigenvalue weighted by molar-refractivity contribution is 5.93. The van der Waals surface area contributed by atoms with Gasteiger partial charge in [0.05, 0.1) is 6.21 Å². The molecule has 0 bridgehead atoms. The average molecular weight is 241 g/mol. The van der Waals surface area contributed by atoms with Gasteiger partial charge in [-0.3, -0.25) is 0 Å². The second-order valence-corrected chi connectivity index (χ2v) is 3.95. The zero-order valence-electron chi connectivity index (χ0n) is 9.88. The van der Waals surface area contributed by atoms with Crippen LogP contribution >= 0.6 is 0 Å². The number of para-hydroxylation sites is 1. The van der Waals surface area contributed by atoms with Crippen molar-refractivity contribution in [1.82, 2.24) is 0 Å². The van der Waals surface area contributed by atoms with Gasteiger partial charge in [-0.25, -0.2) is 0 Å². The summed E-state index contributed by atoms with van der Waals surface area (Å²) in [5.74, 6) is 0. The highest BCUT2D eigenvalue weighted by Crippen LogP contribution is 2.28. The van der Waals surface area contributed by atoms with Crippen LogP contribution < -0.4 is 11.5 Å². The first-order valence-electron chi connectivity index (χ1n) is 5.61. The molecule has 18 heavy (non-hydrogen) atoms. The van der Waals surface area contributed by atoms with Crippen LogP contribution in [0, 0.1) is 0 Å². The molecule has 0 saturated carbocycles. The summed E-state index contributed by atoms with van der Waals surface area (Å²) in [6.07, 6.45) is 1.33. The van der Waals surface area contributed by atoms with Crippen molar-refractivity contribution in [3.8, 4) is 11.1 Å². The minimum atomic E-state index is 0.521. The first kappa shape index (κ1) is 12.1. The largest absolute Gasteiger partial charge is 0.411 e. The van der Waals surface area contributed by atoms with Crippen molar-refractivity contribution >= 4 is 11.9 Å². The summed E-state index contributed by atoms with van der Waals surface area (Å²) < 4.78 is 0. The summed E-state index contributed by atoms with van der Waals surface area (Å²) in [7, 11) is 0. The Labute approximate surface area is 106 Å². The number of hydrogen-bond acceptors (Lipinski definition) is 4. The van der Waals surface area contributed by atoms with Gasteiger partial charge in [0.2, 0.25) is 0 Å². The number of nitrogen functional groups attached to an aromatic ring is 1. The van der Waals surface area contributed by atoms with Crippen LogP contribution in [0.3, 0.4) is 0 Å². The lowest BCUT2D eigenvalue weighted by atomic mass is 9.99. The van der Waals surface area contributed by atoms with E-state index in [1.165, 1.54) is 6.21 Å². The average Bonchev–Trinajstić information content (AvgIpc) is 2.42. The van der Waals surface area contributed by atoms with Gasteiger partial charge in [0.25, 0.3) is 0 Å². The van der Waals surface area contributed by atoms with Gasteiger partial charge in [-0.1, -0.05) is 47.6 Å². The lowest BCUT2D eigenvalue weighted by Gasteiger charge is -2.08. The van der Waals surface area contributed by atoms with Crippen molar-refractivity contribution in [2.45, 2.75) is 6.54 Å². The molecule has 0 aliphatic rings. The molecular weight excluding hydrogens is 226 g/mol. The molecule has 2 rings (SSSR count). The lowest BCUT2D eigenvalue weighted by molar-refractivity contribution is 0.322. The molecule has 0 atom stereocenters. The highest BCUT2D eigenvalue weighted by atomic mass is 16.4. The summed E-state index contributed by atoms with van der Waals surface area (Å²) >= 11 is 0. The molecule has 0 aromatic heterocycles. The van der Waals surface area contributed by atoms with Gasteiger partial charge in [-0.05, 0) is 11.1 Å².